The lowest BCUT2D eigenvalue weighted by atomic mass is 9.88. The summed E-state index contributed by atoms with van der Waals surface area (Å²) < 4.78 is 62.3. The van der Waals surface area contributed by atoms with E-state index in [1.165, 1.54) is 38.2 Å². The van der Waals surface area contributed by atoms with Crippen LogP contribution in [0.25, 0.3) is 0 Å². The van der Waals surface area contributed by atoms with Crippen molar-refractivity contribution in [2.45, 2.75) is 54.7 Å². The van der Waals surface area contributed by atoms with E-state index in [1.807, 2.05) is 20.8 Å². The molecule has 0 aliphatic heterocycles. The summed E-state index contributed by atoms with van der Waals surface area (Å²) in [6, 6.07) is 6.37. The van der Waals surface area contributed by atoms with Gasteiger partial charge in [0.1, 0.15) is 10.6 Å². The molecule has 0 aliphatic rings. The highest BCUT2D eigenvalue weighted by molar-refractivity contribution is 7.92. The second-order valence-electron chi connectivity index (χ2n) is 8.06. The Hall–Kier alpha value is -1.80. The molecular weight excluding hydrogens is 389 g/mol. The monoisotopic (exact) mass is 413 g/mol. The number of pyridine rings is 1. The molecule has 1 aromatic heterocycles. The highest BCUT2D eigenvalue weighted by Gasteiger charge is 2.40. The second kappa shape index (κ2) is 6.67. The van der Waals surface area contributed by atoms with E-state index in [1.54, 1.807) is 6.07 Å². The third kappa shape index (κ3) is 4.06. The number of halogens is 1. The average molecular weight is 414 g/mol. The summed E-state index contributed by atoms with van der Waals surface area (Å²) in [6.07, 6.45) is 2.47. The van der Waals surface area contributed by atoms with Gasteiger partial charge in [-0.3, -0.25) is 0 Å². The standard InChI is InChI=1S/C19H24FNO4S2/c1-18(2,3)13-7-10-17(21-12-13)27(24,25)19(4,5)15-9-8-14(11-16(15)20)26(6,22)23/h7-12H,1-6H3. The first-order chi connectivity index (χ1) is 12.1. The quantitative estimate of drug-likeness (QED) is 0.764. The molecule has 148 valence electrons. The largest absolute Gasteiger partial charge is 0.244 e. The minimum atomic E-state index is -4.03. The van der Waals surface area contributed by atoms with Gasteiger partial charge in [0.05, 0.1) is 4.90 Å². The Morgan fingerprint density at radius 2 is 1.52 bits per heavy atom. The van der Waals surface area contributed by atoms with Gasteiger partial charge in [0.2, 0.25) is 9.84 Å². The SMILES string of the molecule is CC(C)(C)c1ccc(S(=O)(=O)C(C)(C)c2ccc(S(C)(=O)=O)cc2F)nc1. The van der Waals surface area contributed by atoms with Gasteiger partial charge in [0.15, 0.2) is 14.9 Å². The lowest BCUT2D eigenvalue weighted by Crippen LogP contribution is -2.31. The number of benzene rings is 1. The zero-order chi connectivity index (χ0) is 20.8. The Balaban J connectivity index is 2.54. The second-order valence-corrected chi connectivity index (χ2v) is 12.5. The molecule has 0 aliphatic carbocycles. The van der Waals surface area contributed by atoms with Crippen LogP contribution in [-0.4, -0.2) is 28.1 Å². The van der Waals surface area contributed by atoms with Crippen molar-refractivity contribution < 1.29 is 21.2 Å². The maximum absolute atomic E-state index is 14.6. The molecule has 0 radical (unpaired) electrons. The zero-order valence-electron chi connectivity index (χ0n) is 16.2. The van der Waals surface area contributed by atoms with Crippen LogP contribution in [0.15, 0.2) is 46.5 Å². The fourth-order valence-electron chi connectivity index (χ4n) is 2.60. The minimum Gasteiger partial charge on any atom is -0.244 e. The Morgan fingerprint density at radius 3 is 1.93 bits per heavy atom. The van der Waals surface area contributed by atoms with E-state index in [-0.39, 0.29) is 20.9 Å². The van der Waals surface area contributed by atoms with Crippen molar-refractivity contribution >= 4 is 19.7 Å². The van der Waals surface area contributed by atoms with Gasteiger partial charge in [-0.15, -0.1) is 0 Å². The summed E-state index contributed by atoms with van der Waals surface area (Å²) in [5, 5.41) is -0.160. The Labute approximate surface area is 160 Å². The topological polar surface area (TPSA) is 81.2 Å². The molecule has 5 nitrogen and oxygen atoms in total. The van der Waals surface area contributed by atoms with Gasteiger partial charge in [0, 0.05) is 18.0 Å². The van der Waals surface area contributed by atoms with Crippen molar-refractivity contribution in [3.63, 3.8) is 0 Å². The number of aromatic nitrogens is 1. The third-order valence-corrected chi connectivity index (χ3v) is 8.03. The number of hydrogen-bond donors (Lipinski definition) is 0. The smallest absolute Gasteiger partial charge is 0.204 e. The molecule has 0 saturated carbocycles. The lowest BCUT2D eigenvalue weighted by molar-refractivity contribution is 0.527. The molecule has 0 saturated heterocycles. The molecule has 0 spiro atoms. The van der Waals surface area contributed by atoms with Crippen LogP contribution in [0, 0.1) is 5.82 Å². The first-order valence-electron chi connectivity index (χ1n) is 8.30. The van der Waals surface area contributed by atoms with Crippen molar-refractivity contribution in [3.8, 4) is 0 Å². The molecule has 2 aromatic rings. The summed E-state index contributed by atoms with van der Waals surface area (Å²) >= 11 is 0. The fourth-order valence-corrected chi connectivity index (χ4v) is 4.65. The fraction of sp³-hybridized carbons (Fsp3) is 0.421. The summed E-state index contributed by atoms with van der Waals surface area (Å²) in [5.74, 6) is -0.891. The average Bonchev–Trinajstić information content (AvgIpc) is 2.52. The molecule has 0 unspecified atom stereocenters. The molecule has 0 amide bonds. The summed E-state index contributed by atoms with van der Waals surface area (Å²) in [6.45, 7) is 8.71. The number of hydrogen-bond acceptors (Lipinski definition) is 5. The highest BCUT2D eigenvalue weighted by atomic mass is 32.2. The molecule has 0 bridgehead atoms. The van der Waals surface area contributed by atoms with Crippen LogP contribution in [0.1, 0.15) is 45.7 Å². The van der Waals surface area contributed by atoms with Crippen molar-refractivity contribution in [3.05, 3.63) is 53.5 Å². The normalized spacial score (nSPS) is 13.6. The summed E-state index contributed by atoms with van der Waals surface area (Å²) in [4.78, 5) is 3.88. The van der Waals surface area contributed by atoms with E-state index in [2.05, 4.69) is 4.98 Å². The van der Waals surface area contributed by atoms with Crippen LogP contribution < -0.4 is 0 Å². The van der Waals surface area contributed by atoms with E-state index in [0.29, 0.717) is 0 Å². The van der Waals surface area contributed by atoms with Crippen molar-refractivity contribution in [1.82, 2.24) is 4.98 Å². The maximum atomic E-state index is 14.6. The van der Waals surface area contributed by atoms with Crippen molar-refractivity contribution in [1.29, 1.82) is 0 Å². The van der Waals surface area contributed by atoms with Gasteiger partial charge >= 0.3 is 0 Å². The van der Waals surface area contributed by atoms with E-state index in [0.717, 1.165) is 17.9 Å². The summed E-state index contributed by atoms with van der Waals surface area (Å²) in [5.41, 5.74) is 0.581. The molecule has 1 aromatic carbocycles. The van der Waals surface area contributed by atoms with Crippen molar-refractivity contribution in [2.75, 3.05) is 6.26 Å². The Bertz CT molecular complexity index is 1070. The number of nitrogens with zero attached hydrogens (tertiary/aromatic N) is 1. The van der Waals surface area contributed by atoms with Crippen LogP contribution in [0.5, 0.6) is 0 Å². The van der Waals surface area contributed by atoms with Crippen LogP contribution >= 0.6 is 0 Å². The van der Waals surface area contributed by atoms with Gasteiger partial charge in [-0.05, 0) is 43.0 Å². The number of rotatable bonds is 4. The Kier molecular flexibility index (Phi) is 5.31. The van der Waals surface area contributed by atoms with Crippen LogP contribution in [-0.2, 0) is 29.8 Å². The van der Waals surface area contributed by atoms with Gasteiger partial charge in [-0.25, -0.2) is 26.2 Å². The van der Waals surface area contributed by atoms with Crippen LogP contribution in [0.4, 0.5) is 4.39 Å². The van der Waals surface area contributed by atoms with Gasteiger partial charge < -0.3 is 0 Å². The van der Waals surface area contributed by atoms with Crippen LogP contribution in [0.3, 0.4) is 0 Å². The van der Waals surface area contributed by atoms with Gasteiger partial charge in [-0.2, -0.15) is 0 Å². The number of sulfone groups is 2. The molecular formula is C19H24FNO4S2. The van der Waals surface area contributed by atoms with Crippen molar-refractivity contribution in [2.24, 2.45) is 0 Å². The van der Waals surface area contributed by atoms with E-state index in [9.17, 15) is 21.2 Å². The van der Waals surface area contributed by atoms with E-state index >= 15 is 0 Å². The first kappa shape index (κ1) is 21.5. The van der Waals surface area contributed by atoms with E-state index in [4.69, 9.17) is 0 Å². The molecule has 1 heterocycles. The molecule has 2 rings (SSSR count). The Morgan fingerprint density at radius 1 is 0.926 bits per heavy atom. The molecule has 8 heteroatoms. The zero-order valence-corrected chi connectivity index (χ0v) is 17.9. The lowest BCUT2D eigenvalue weighted by Gasteiger charge is -2.26. The molecule has 0 N–H and O–H groups in total. The van der Waals surface area contributed by atoms with E-state index < -0.39 is 30.2 Å². The van der Waals surface area contributed by atoms with Gasteiger partial charge in [-0.1, -0.05) is 32.9 Å². The molecule has 27 heavy (non-hydrogen) atoms. The highest BCUT2D eigenvalue weighted by Crippen LogP contribution is 2.36. The third-order valence-electron chi connectivity index (χ3n) is 4.57. The maximum Gasteiger partial charge on any atom is 0.204 e. The predicted octanol–water partition coefficient (Wildman–Crippen LogP) is 3.63. The molecule has 0 fully saturated rings. The first-order valence-corrected chi connectivity index (χ1v) is 11.7. The van der Waals surface area contributed by atoms with Crippen LogP contribution in [0.2, 0.25) is 0 Å². The predicted molar refractivity (Wildman–Crippen MR) is 103 cm³/mol. The summed E-state index contributed by atoms with van der Waals surface area (Å²) in [7, 11) is -7.62. The minimum absolute atomic E-state index is 0.114. The molecule has 0 atom stereocenters. The van der Waals surface area contributed by atoms with Gasteiger partial charge in [0.25, 0.3) is 0 Å².